The van der Waals surface area contributed by atoms with Crippen molar-refractivity contribution in [3.63, 3.8) is 0 Å². The lowest BCUT2D eigenvalue weighted by Crippen LogP contribution is -2.38. The maximum Gasteiger partial charge on any atom is 0.253 e. The molecule has 18 heavy (non-hydrogen) atoms. The van der Waals surface area contributed by atoms with E-state index in [1.54, 1.807) is 18.2 Å². The first-order valence-corrected chi connectivity index (χ1v) is 6.83. The van der Waals surface area contributed by atoms with E-state index in [0.717, 1.165) is 31.8 Å². The van der Waals surface area contributed by atoms with E-state index in [-0.39, 0.29) is 5.91 Å². The summed E-state index contributed by atoms with van der Waals surface area (Å²) in [5, 5.41) is 0.516. The van der Waals surface area contributed by atoms with Crippen molar-refractivity contribution >= 4 is 23.2 Å². The molecular formula is C14H19ClN2O. The maximum absolute atomic E-state index is 12.3. The molecule has 0 aliphatic carbocycles. The van der Waals surface area contributed by atoms with Crippen LogP contribution in [0.1, 0.15) is 36.5 Å². The molecule has 2 rings (SSSR count). The first-order valence-electron chi connectivity index (χ1n) is 6.45. The van der Waals surface area contributed by atoms with Crippen LogP contribution in [0.25, 0.3) is 0 Å². The highest BCUT2D eigenvalue weighted by atomic mass is 35.5. The van der Waals surface area contributed by atoms with Gasteiger partial charge in [0.15, 0.2) is 0 Å². The number of nitrogen functional groups attached to an aromatic ring is 1. The highest BCUT2D eigenvalue weighted by molar-refractivity contribution is 6.31. The van der Waals surface area contributed by atoms with Crippen LogP contribution in [0.4, 0.5) is 5.69 Å². The van der Waals surface area contributed by atoms with Crippen molar-refractivity contribution in [3.8, 4) is 0 Å². The van der Waals surface area contributed by atoms with E-state index < -0.39 is 0 Å². The van der Waals surface area contributed by atoms with Gasteiger partial charge in [0, 0.05) is 29.4 Å². The molecule has 1 heterocycles. The van der Waals surface area contributed by atoms with Crippen LogP contribution in [0.15, 0.2) is 18.2 Å². The normalized spacial score (nSPS) is 16.9. The lowest BCUT2D eigenvalue weighted by atomic mass is 9.94. The first kappa shape index (κ1) is 13.2. The predicted octanol–water partition coefficient (Wildman–Crippen LogP) is 3.18. The van der Waals surface area contributed by atoms with E-state index in [2.05, 4.69) is 6.92 Å². The van der Waals surface area contributed by atoms with Crippen LogP contribution < -0.4 is 5.73 Å². The number of benzene rings is 1. The number of likely N-dealkylation sites (tertiary alicyclic amines) is 1. The Morgan fingerprint density at radius 1 is 1.39 bits per heavy atom. The number of piperidine rings is 1. The summed E-state index contributed by atoms with van der Waals surface area (Å²) < 4.78 is 0. The number of nitrogens with zero attached hydrogens (tertiary/aromatic N) is 1. The summed E-state index contributed by atoms with van der Waals surface area (Å²) in [5.74, 6) is 0.803. The van der Waals surface area contributed by atoms with Crippen LogP contribution in [0.2, 0.25) is 5.02 Å². The quantitative estimate of drug-likeness (QED) is 0.836. The maximum atomic E-state index is 12.3. The van der Waals surface area contributed by atoms with Gasteiger partial charge in [-0.05, 0) is 37.0 Å². The van der Waals surface area contributed by atoms with Crippen molar-refractivity contribution in [1.82, 2.24) is 4.90 Å². The van der Waals surface area contributed by atoms with Gasteiger partial charge in [0.1, 0.15) is 0 Å². The lowest BCUT2D eigenvalue weighted by molar-refractivity contribution is 0.0689. The number of nitrogens with two attached hydrogens (primary N) is 1. The van der Waals surface area contributed by atoms with Gasteiger partial charge in [-0.15, -0.1) is 0 Å². The van der Waals surface area contributed by atoms with Crippen LogP contribution in [0.3, 0.4) is 0 Å². The molecule has 1 fully saturated rings. The van der Waals surface area contributed by atoms with E-state index in [0.29, 0.717) is 16.3 Å². The summed E-state index contributed by atoms with van der Waals surface area (Å²) in [7, 11) is 0. The largest absolute Gasteiger partial charge is 0.399 e. The van der Waals surface area contributed by atoms with Gasteiger partial charge in [0.2, 0.25) is 0 Å². The number of hydrogen-bond acceptors (Lipinski definition) is 2. The van der Waals surface area contributed by atoms with Crippen molar-refractivity contribution in [2.24, 2.45) is 5.92 Å². The summed E-state index contributed by atoms with van der Waals surface area (Å²) >= 11 is 5.93. The van der Waals surface area contributed by atoms with Crippen molar-refractivity contribution in [3.05, 3.63) is 28.8 Å². The summed E-state index contributed by atoms with van der Waals surface area (Å²) in [6, 6.07) is 5.04. The number of hydrogen-bond donors (Lipinski definition) is 1. The zero-order chi connectivity index (χ0) is 13.1. The Kier molecular flexibility index (Phi) is 4.12. The molecule has 0 unspecified atom stereocenters. The third kappa shape index (κ3) is 2.96. The molecule has 1 saturated heterocycles. The Morgan fingerprint density at radius 3 is 2.61 bits per heavy atom. The summed E-state index contributed by atoms with van der Waals surface area (Å²) in [5.41, 5.74) is 6.84. The SMILES string of the molecule is CCC1CCN(C(=O)c2cc(N)cc(Cl)c2)CC1. The van der Waals surface area contributed by atoms with E-state index in [4.69, 9.17) is 17.3 Å². The van der Waals surface area contributed by atoms with Crippen LogP contribution >= 0.6 is 11.6 Å². The van der Waals surface area contributed by atoms with E-state index in [1.807, 2.05) is 4.90 Å². The molecule has 1 aromatic carbocycles. The number of rotatable bonds is 2. The minimum atomic E-state index is 0.0405. The lowest BCUT2D eigenvalue weighted by Gasteiger charge is -2.31. The van der Waals surface area contributed by atoms with Crippen LogP contribution in [0.5, 0.6) is 0 Å². The molecule has 1 aliphatic heterocycles. The van der Waals surface area contributed by atoms with E-state index >= 15 is 0 Å². The Labute approximate surface area is 113 Å². The standard InChI is InChI=1S/C14H19ClN2O/c1-2-10-3-5-17(6-4-10)14(18)11-7-12(15)9-13(16)8-11/h7-10H,2-6,16H2,1H3. The average molecular weight is 267 g/mol. The molecule has 0 atom stereocenters. The van der Waals surface area contributed by atoms with Gasteiger partial charge < -0.3 is 10.6 Å². The van der Waals surface area contributed by atoms with Gasteiger partial charge >= 0.3 is 0 Å². The molecule has 1 amide bonds. The zero-order valence-corrected chi connectivity index (χ0v) is 11.4. The van der Waals surface area contributed by atoms with Crippen LogP contribution in [-0.2, 0) is 0 Å². The number of anilines is 1. The van der Waals surface area contributed by atoms with E-state index in [1.165, 1.54) is 6.42 Å². The monoisotopic (exact) mass is 266 g/mol. The summed E-state index contributed by atoms with van der Waals surface area (Å²) in [6.45, 7) is 3.88. The Hall–Kier alpha value is -1.22. The minimum absolute atomic E-state index is 0.0405. The second kappa shape index (κ2) is 5.61. The molecule has 0 spiro atoms. The van der Waals surface area contributed by atoms with Crippen LogP contribution in [-0.4, -0.2) is 23.9 Å². The third-order valence-corrected chi connectivity index (χ3v) is 3.86. The van der Waals surface area contributed by atoms with Gasteiger partial charge in [-0.25, -0.2) is 0 Å². The Morgan fingerprint density at radius 2 is 2.06 bits per heavy atom. The highest BCUT2D eigenvalue weighted by Crippen LogP contribution is 2.23. The third-order valence-electron chi connectivity index (χ3n) is 3.65. The summed E-state index contributed by atoms with van der Waals surface area (Å²) in [4.78, 5) is 14.2. The van der Waals surface area contributed by atoms with Crippen molar-refractivity contribution in [2.45, 2.75) is 26.2 Å². The fraction of sp³-hybridized carbons (Fsp3) is 0.500. The van der Waals surface area contributed by atoms with Gasteiger partial charge in [-0.2, -0.15) is 0 Å². The number of amides is 1. The van der Waals surface area contributed by atoms with Crippen molar-refractivity contribution in [1.29, 1.82) is 0 Å². The Balaban J connectivity index is 2.07. The molecule has 0 aromatic heterocycles. The van der Waals surface area contributed by atoms with Crippen LogP contribution in [0, 0.1) is 5.92 Å². The fourth-order valence-corrected chi connectivity index (χ4v) is 2.71. The summed E-state index contributed by atoms with van der Waals surface area (Å²) in [6.07, 6.45) is 3.39. The van der Waals surface area contributed by atoms with Gasteiger partial charge in [0.05, 0.1) is 0 Å². The predicted molar refractivity (Wildman–Crippen MR) is 74.8 cm³/mol. The number of carbonyl (C=O) groups is 1. The molecule has 0 saturated carbocycles. The van der Waals surface area contributed by atoms with Crippen molar-refractivity contribution < 1.29 is 4.79 Å². The second-order valence-corrected chi connectivity index (χ2v) is 5.35. The molecular weight excluding hydrogens is 248 g/mol. The first-order chi connectivity index (χ1) is 8.60. The molecule has 0 bridgehead atoms. The van der Waals surface area contributed by atoms with E-state index in [9.17, 15) is 4.79 Å². The molecule has 98 valence electrons. The van der Waals surface area contributed by atoms with Gasteiger partial charge in [-0.3, -0.25) is 4.79 Å². The second-order valence-electron chi connectivity index (χ2n) is 4.92. The molecule has 0 radical (unpaired) electrons. The minimum Gasteiger partial charge on any atom is -0.399 e. The molecule has 3 nitrogen and oxygen atoms in total. The number of carbonyl (C=O) groups excluding carboxylic acids is 1. The van der Waals surface area contributed by atoms with Gasteiger partial charge in [-0.1, -0.05) is 24.9 Å². The fourth-order valence-electron chi connectivity index (χ4n) is 2.46. The average Bonchev–Trinajstić information content (AvgIpc) is 2.37. The number of halogens is 1. The van der Waals surface area contributed by atoms with Gasteiger partial charge in [0.25, 0.3) is 5.91 Å². The molecule has 1 aliphatic rings. The smallest absolute Gasteiger partial charge is 0.253 e. The highest BCUT2D eigenvalue weighted by Gasteiger charge is 2.22. The zero-order valence-electron chi connectivity index (χ0n) is 10.7. The molecule has 1 aromatic rings. The van der Waals surface area contributed by atoms with Crippen molar-refractivity contribution in [2.75, 3.05) is 18.8 Å². The molecule has 4 heteroatoms. The topological polar surface area (TPSA) is 46.3 Å². The molecule has 2 N–H and O–H groups in total. The Bertz CT molecular complexity index is 419.